The summed E-state index contributed by atoms with van der Waals surface area (Å²) in [6.07, 6.45) is -0.940. The normalized spacial score (nSPS) is 16.1. The number of nitrogens with zero attached hydrogens (tertiary/aromatic N) is 2. The first kappa shape index (κ1) is 23.8. The molecule has 0 saturated carbocycles. The van der Waals surface area contributed by atoms with Crippen molar-refractivity contribution in [2.45, 2.75) is 26.4 Å². The van der Waals surface area contributed by atoms with E-state index in [0.717, 1.165) is 16.7 Å². The van der Waals surface area contributed by atoms with Gasteiger partial charge in [-0.25, -0.2) is 0 Å². The Labute approximate surface area is 202 Å². The Balaban J connectivity index is 1.39. The average Bonchev–Trinajstić information content (AvgIpc) is 3.26. The van der Waals surface area contributed by atoms with Gasteiger partial charge in [0.1, 0.15) is 0 Å². The van der Waals surface area contributed by atoms with E-state index >= 15 is 0 Å². The maximum atomic E-state index is 12.7. The summed E-state index contributed by atoms with van der Waals surface area (Å²) in [6.45, 7) is 3.62. The van der Waals surface area contributed by atoms with Crippen LogP contribution in [0.2, 0.25) is 0 Å². The molecule has 35 heavy (non-hydrogen) atoms. The number of hydrogen-bond donors (Lipinski definition) is 0. The van der Waals surface area contributed by atoms with Crippen molar-refractivity contribution in [1.82, 2.24) is 0 Å². The van der Waals surface area contributed by atoms with E-state index in [1.165, 1.54) is 24.0 Å². The predicted octanol–water partition coefficient (Wildman–Crippen LogP) is 4.74. The second-order valence-electron chi connectivity index (χ2n) is 8.57. The number of aryl methyl sites for hydroxylation is 1. The monoisotopic (exact) mass is 472 g/mol. The molecule has 2 atom stereocenters. The molecule has 178 valence electrons. The van der Waals surface area contributed by atoms with E-state index < -0.39 is 22.9 Å². The molecule has 0 aromatic heterocycles. The van der Waals surface area contributed by atoms with Crippen LogP contribution in [0.25, 0.3) is 11.1 Å². The summed E-state index contributed by atoms with van der Waals surface area (Å²) in [5.74, 6) is -1.73. The molecule has 0 aliphatic carbocycles. The minimum absolute atomic E-state index is 0.00831. The predicted molar refractivity (Wildman–Crippen MR) is 130 cm³/mol. The van der Waals surface area contributed by atoms with Gasteiger partial charge in [0, 0.05) is 36.3 Å². The number of hydrogen-bond acceptors (Lipinski definition) is 6. The number of carbonyl (C=O) groups excluding carboxylic acids is 3. The fourth-order valence-corrected chi connectivity index (χ4v) is 4.00. The van der Waals surface area contributed by atoms with Crippen molar-refractivity contribution in [2.75, 3.05) is 11.4 Å². The topological polar surface area (TPSA) is 107 Å². The summed E-state index contributed by atoms with van der Waals surface area (Å²) in [5.41, 5.74) is 3.79. The quantitative estimate of drug-likeness (QED) is 0.213. The van der Waals surface area contributed by atoms with E-state index in [1.807, 2.05) is 31.2 Å². The highest BCUT2D eigenvalue weighted by molar-refractivity contribution is 6.02. The molecule has 8 nitrogen and oxygen atoms in total. The Morgan fingerprint density at radius 3 is 2.11 bits per heavy atom. The molecule has 0 N–H and O–H groups in total. The summed E-state index contributed by atoms with van der Waals surface area (Å²) < 4.78 is 5.40. The Morgan fingerprint density at radius 1 is 0.971 bits per heavy atom. The standard InChI is InChI=1S/C27H24N2O6/c1-17-3-5-21(6-4-17)26(31)18(2)35-27(32)22-15-25(30)28(16-22)23-11-7-19(8-12-23)20-9-13-24(14-10-20)29(33)34/h3-14,18,22H,15-16H2,1-2H3/t18-,22-/m0/s1. The maximum Gasteiger partial charge on any atom is 0.312 e. The van der Waals surface area contributed by atoms with E-state index in [0.29, 0.717) is 11.3 Å². The van der Waals surface area contributed by atoms with Gasteiger partial charge < -0.3 is 9.64 Å². The minimum atomic E-state index is -0.949. The summed E-state index contributed by atoms with van der Waals surface area (Å²) in [6, 6.07) is 20.4. The Kier molecular flexibility index (Phi) is 6.73. The van der Waals surface area contributed by atoms with Crippen LogP contribution in [-0.2, 0) is 14.3 Å². The number of Topliss-reactive ketones (excluding diaryl/α,β-unsaturated/α-hetero) is 1. The Morgan fingerprint density at radius 2 is 1.54 bits per heavy atom. The number of carbonyl (C=O) groups is 3. The van der Waals surface area contributed by atoms with Gasteiger partial charge in [0.2, 0.25) is 11.7 Å². The highest BCUT2D eigenvalue weighted by Crippen LogP contribution is 2.29. The highest BCUT2D eigenvalue weighted by atomic mass is 16.6. The molecule has 1 aliphatic rings. The second kappa shape index (κ2) is 9.89. The Bertz CT molecular complexity index is 1270. The van der Waals surface area contributed by atoms with E-state index in [-0.39, 0.29) is 30.3 Å². The smallest absolute Gasteiger partial charge is 0.312 e. The number of rotatable bonds is 7. The van der Waals surface area contributed by atoms with Crippen LogP contribution in [0.5, 0.6) is 0 Å². The molecule has 3 aromatic rings. The number of benzene rings is 3. The number of ketones is 1. The third kappa shape index (κ3) is 5.27. The van der Waals surface area contributed by atoms with Crippen LogP contribution in [0, 0.1) is 23.0 Å². The molecule has 1 heterocycles. The molecule has 1 saturated heterocycles. The minimum Gasteiger partial charge on any atom is -0.454 e. The van der Waals surface area contributed by atoms with Gasteiger partial charge in [-0.3, -0.25) is 24.5 Å². The van der Waals surface area contributed by atoms with Gasteiger partial charge >= 0.3 is 5.97 Å². The van der Waals surface area contributed by atoms with Gasteiger partial charge in [-0.1, -0.05) is 42.0 Å². The summed E-state index contributed by atoms with van der Waals surface area (Å²) in [4.78, 5) is 49.8. The Hall–Kier alpha value is -4.33. The van der Waals surface area contributed by atoms with E-state index in [1.54, 1.807) is 36.4 Å². The van der Waals surface area contributed by atoms with Crippen LogP contribution in [0.4, 0.5) is 11.4 Å². The van der Waals surface area contributed by atoms with E-state index in [4.69, 9.17) is 4.74 Å². The van der Waals surface area contributed by atoms with Crippen LogP contribution in [-0.4, -0.2) is 35.2 Å². The second-order valence-corrected chi connectivity index (χ2v) is 8.57. The van der Waals surface area contributed by atoms with Gasteiger partial charge in [0.05, 0.1) is 10.8 Å². The molecule has 1 amide bonds. The first-order valence-corrected chi connectivity index (χ1v) is 11.2. The largest absolute Gasteiger partial charge is 0.454 e. The average molecular weight is 472 g/mol. The lowest BCUT2D eigenvalue weighted by molar-refractivity contribution is -0.384. The number of non-ortho nitro benzene ring substituents is 1. The molecule has 1 aliphatic heterocycles. The van der Waals surface area contributed by atoms with Crippen molar-refractivity contribution in [3.8, 4) is 11.1 Å². The number of nitro groups is 1. The summed E-state index contributed by atoms with van der Waals surface area (Å²) in [5, 5.41) is 10.8. The van der Waals surface area contributed by atoms with Gasteiger partial charge in [-0.15, -0.1) is 0 Å². The molecule has 0 bridgehead atoms. The molecule has 3 aromatic carbocycles. The lowest BCUT2D eigenvalue weighted by Crippen LogP contribution is -2.30. The van der Waals surface area contributed by atoms with E-state index in [9.17, 15) is 24.5 Å². The third-order valence-electron chi connectivity index (χ3n) is 6.05. The van der Waals surface area contributed by atoms with Gasteiger partial charge in [0.25, 0.3) is 5.69 Å². The number of nitro benzene ring substituents is 1. The van der Waals surface area contributed by atoms with Crippen molar-refractivity contribution in [3.05, 3.63) is 94.0 Å². The van der Waals surface area contributed by atoms with Gasteiger partial charge in [0.15, 0.2) is 6.10 Å². The van der Waals surface area contributed by atoms with Crippen molar-refractivity contribution < 1.29 is 24.0 Å². The van der Waals surface area contributed by atoms with Crippen LogP contribution < -0.4 is 4.90 Å². The van der Waals surface area contributed by atoms with Gasteiger partial charge in [-0.05, 0) is 49.2 Å². The van der Waals surface area contributed by atoms with Crippen molar-refractivity contribution in [3.63, 3.8) is 0 Å². The molecular formula is C27H24N2O6. The van der Waals surface area contributed by atoms with Crippen LogP contribution in [0.1, 0.15) is 29.3 Å². The lowest BCUT2D eigenvalue weighted by atomic mass is 10.0. The van der Waals surface area contributed by atoms with E-state index in [2.05, 4.69) is 0 Å². The molecule has 0 radical (unpaired) electrons. The van der Waals surface area contributed by atoms with Gasteiger partial charge in [-0.2, -0.15) is 0 Å². The fourth-order valence-electron chi connectivity index (χ4n) is 4.00. The fraction of sp³-hybridized carbons (Fsp3) is 0.222. The molecule has 0 unspecified atom stereocenters. The molecule has 1 fully saturated rings. The summed E-state index contributed by atoms with van der Waals surface area (Å²) in [7, 11) is 0. The zero-order valence-electron chi connectivity index (χ0n) is 19.3. The zero-order chi connectivity index (χ0) is 25.1. The van der Waals surface area contributed by atoms with Crippen molar-refractivity contribution in [2.24, 2.45) is 5.92 Å². The molecule has 4 rings (SSSR count). The molecular weight excluding hydrogens is 448 g/mol. The highest BCUT2D eigenvalue weighted by Gasteiger charge is 2.37. The first-order valence-electron chi connectivity index (χ1n) is 11.2. The zero-order valence-corrected chi connectivity index (χ0v) is 19.3. The lowest BCUT2D eigenvalue weighted by Gasteiger charge is -2.18. The number of amides is 1. The SMILES string of the molecule is Cc1ccc(C(=O)[C@H](C)OC(=O)[C@H]2CC(=O)N(c3ccc(-c4ccc([N+](=O)[O-])cc4)cc3)C2)cc1. The maximum absolute atomic E-state index is 12.7. The first-order chi connectivity index (χ1) is 16.7. The van der Waals surface area contributed by atoms with Crippen LogP contribution in [0.15, 0.2) is 72.8 Å². The number of anilines is 1. The molecule has 0 spiro atoms. The van der Waals surface area contributed by atoms with Crippen molar-refractivity contribution in [1.29, 1.82) is 0 Å². The molecule has 8 heteroatoms. The van der Waals surface area contributed by atoms with Crippen LogP contribution in [0.3, 0.4) is 0 Å². The number of ether oxygens (including phenoxy) is 1. The third-order valence-corrected chi connectivity index (χ3v) is 6.05. The van der Waals surface area contributed by atoms with Crippen LogP contribution >= 0.6 is 0 Å². The van der Waals surface area contributed by atoms with Crippen molar-refractivity contribution >= 4 is 29.0 Å². The summed E-state index contributed by atoms with van der Waals surface area (Å²) >= 11 is 0. The number of esters is 1.